The highest BCUT2D eigenvalue weighted by Crippen LogP contribution is 2.38. The number of rotatable bonds is 9. The molecule has 0 bridgehead atoms. The third-order valence-corrected chi connectivity index (χ3v) is 12.6. The Balaban J connectivity index is 0.00000337. The summed E-state index contributed by atoms with van der Waals surface area (Å²) in [5, 5.41) is 3.62. The second-order valence-corrected chi connectivity index (χ2v) is 17.0. The first kappa shape index (κ1) is 37.7. The van der Waals surface area contributed by atoms with Crippen LogP contribution in [0.25, 0.3) is 11.4 Å². The molecule has 0 N–H and O–H groups in total. The Morgan fingerprint density at radius 2 is 1.80 bits per heavy atom. The standard InChI is InChI=1S/C30H39F3N4O4Si.2H2S/c1-29(2,3)42(5,6)41-24-15-16-37(18-24)19-25(36(4)28(38)39-20-21-11-8-7-9-12-21)22-13-10-14-23(17-22)26-34-27(40-35-26)30(31,32)33;;/h7-14,17,24-25H,15-16,18-20H2,1-6H3;2*1H2/t24-,25?;;/m1../s1. The molecule has 44 heavy (non-hydrogen) atoms. The first-order chi connectivity index (χ1) is 19.6. The van der Waals surface area contributed by atoms with Crippen LogP contribution in [0.15, 0.2) is 59.1 Å². The summed E-state index contributed by atoms with van der Waals surface area (Å²) in [4.78, 5) is 20.6. The number of alkyl halides is 3. The summed E-state index contributed by atoms with van der Waals surface area (Å²) in [5.41, 5.74) is 1.92. The predicted octanol–water partition coefficient (Wildman–Crippen LogP) is 7.39. The third-order valence-electron chi connectivity index (χ3n) is 8.09. The molecular weight excluding hydrogens is 630 g/mol. The highest BCUT2D eigenvalue weighted by atomic mass is 32.1. The second kappa shape index (κ2) is 15.2. The van der Waals surface area contributed by atoms with Gasteiger partial charge in [-0.25, -0.2) is 4.79 Å². The van der Waals surface area contributed by atoms with E-state index in [2.05, 4.69) is 53.4 Å². The van der Waals surface area contributed by atoms with Crippen molar-refractivity contribution >= 4 is 41.4 Å². The zero-order valence-electron chi connectivity index (χ0n) is 25.9. The number of nitrogens with zero attached hydrogens (tertiary/aromatic N) is 4. The zero-order chi connectivity index (χ0) is 30.7. The average molecular weight is 673 g/mol. The van der Waals surface area contributed by atoms with Gasteiger partial charge in [0.1, 0.15) is 6.61 Å². The van der Waals surface area contributed by atoms with E-state index in [9.17, 15) is 18.0 Å². The van der Waals surface area contributed by atoms with Gasteiger partial charge in [-0.05, 0) is 41.7 Å². The van der Waals surface area contributed by atoms with Crippen LogP contribution in [-0.4, -0.2) is 67.1 Å². The highest BCUT2D eigenvalue weighted by molar-refractivity contribution is 7.59. The van der Waals surface area contributed by atoms with E-state index in [0.717, 1.165) is 25.1 Å². The topological polar surface area (TPSA) is 80.9 Å². The first-order valence-corrected chi connectivity index (χ1v) is 16.9. The van der Waals surface area contributed by atoms with Crippen LogP contribution in [0.1, 0.15) is 50.3 Å². The Bertz CT molecular complexity index is 1360. The largest absolute Gasteiger partial charge is 0.471 e. The average Bonchev–Trinajstić information content (AvgIpc) is 3.60. The molecule has 2 heterocycles. The quantitative estimate of drug-likeness (QED) is 0.219. The normalized spacial score (nSPS) is 16.5. The molecule has 2 aromatic carbocycles. The number of benzene rings is 2. The molecule has 0 spiro atoms. The molecule has 2 atom stereocenters. The van der Waals surface area contributed by atoms with Crippen molar-refractivity contribution in [2.75, 3.05) is 26.7 Å². The van der Waals surface area contributed by atoms with Crippen molar-refractivity contribution in [3.63, 3.8) is 0 Å². The molecule has 14 heteroatoms. The molecule has 1 amide bonds. The molecule has 3 aromatic rings. The van der Waals surface area contributed by atoms with E-state index in [4.69, 9.17) is 9.16 Å². The number of carbonyl (C=O) groups is 1. The molecular formula is C30H43F3N4O4S2Si. The summed E-state index contributed by atoms with van der Waals surface area (Å²) in [6.45, 7) is 13.2. The van der Waals surface area contributed by atoms with E-state index in [1.807, 2.05) is 36.4 Å². The Hall–Kier alpha value is -2.52. The maximum absolute atomic E-state index is 13.2. The lowest BCUT2D eigenvalue weighted by atomic mass is 10.0. The molecule has 1 aliphatic heterocycles. The maximum Gasteiger partial charge on any atom is 0.471 e. The Morgan fingerprint density at radius 3 is 2.41 bits per heavy atom. The minimum Gasteiger partial charge on any atom is -0.445 e. The SMILES string of the molecule is CN(C(=O)OCc1ccccc1)C(CN1CC[C@@H](O[Si](C)(C)C(C)(C)C)C1)c1cccc(-c2noc(C(F)(F)F)n2)c1.S.S. The number of carbonyl (C=O) groups excluding carboxylic acids is 1. The van der Waals surface area contributed by atoms with Crippen LogP contribution in [0.3, 0.4) is 0 Å². The van der Waals surface area contributed by atoms with E-state index in [1.54, 1.807) is 25.2 Å². The van der Waals surface area contributed by atoms with Gasteiger partial charge in [0.25, 0.3) is 0 Å². The third kappa shape index (κ3) is 9.49. The van der Waals surface area contributed by atoms with Gasteiger partial charge >= 0.3 is 18.2 Å². The molecule has 244 valence electrons. The number of hydrogen-bond acceptors (Lipinski definition) is 7. The minimum absolute atomic E-state index is 0. The summed E-state index contributed by atoms with van der Waals surface area (Å²) >= 11 is 0. The van der Waals surface area contributed by atoms with Crippen LogP contribution in [0, 0.1) is 0 Å². The maximum atomic E-state index is 13.2. The molecule has 4 rings (SSSR count). The lowest BCUT2D eigenvalue weighted by molar-refractivity contribution is -0.159. The molecule has 8 nitrogen and oxygen atoms in total. The van der Waals surface area contributed by atoms with Crippen molar-refractivity contribution < 1.29 is 31.7 Å². The lowest BCUT2D eigenvalue weighted by Gasteiger charge is -2.38. The second-order valence-electron chi connectivity index (χ2n) is 12.3. The Labute approximate surface area is 272 Å². The van der Waals surface area contributed by atoms with Gasteiger partial charge < -0.3 is 18.6 Å². The van der Waals surface area contributed by atoms with E-state index in [0.29, 0.717) is 17.7 Å². The van der Waals surface area contributed by atoms with Gasteiger partial charge in [0.05, 0.1) is 12.1 Å². The number of aromatic nitrogens is 2. The van der Waals surface area contributed by atoms with Crippen LogP contribution in [0.4, 0.5) is 18.0 Å². The van der Waals surface area contributed by atoms with Gasteiger partial charge in [-0.1, -0.05) is 74.5 Å². The monoisotopic (exact) mass is 672 g/mol. The molecule has 1 fully saturated rings. The first-order valence-electron chi connectivity index (χ1n) is 14.0. The lowest BCUT2D eigenvalue weighted by Crippen LogP contribution is -2.45. The van der Waals surface area contributed by atoms with Gasteiger partial charge in [-0.15, -0.1) is 0 Å². The molecule has 1 aliphatic rings. The van der Waals surface area contributed by atoms with Crippen LogP contribution in [0.5, 0.6) is 0 Å². The van der Waals surface area contributed by atoms with Crippen LogP contribution >= 0.6 is 27.0 Å². The van der Waals surface area contributed by atoms with Crippen molar-refractivity contribution in [2.45, 2.75) is 70.3 Å². The van der Waals surface area contributed by atoms with Crippen molar-refractivity contribution in [3.8, 4) is 11.4 Å². The van der Waals surface area contributed by atoms with E-state index >= 15 is 0 Å². The fourth-order valence-corrected chi connectivity index (χ4v) is 6.02. The number of amides is 1. The van der Waals surface area contributed by atoms with Gasteiger partial charge in [0.2, 0.25) is 5.82 Å². The Kier molecular flexibility index (Phi) is 13.0. The number of likely N-dealkylation sites (N-methyl/N-ethyl adjacent to an activating group) is 1. The number of halogens is 3. The molecule has 0 saturated carbocycles. The van der Waals surface area contributed by atoms with Gasteiger partial charge in [0.15, 0.2) is 8.32 Å². The number of hydrogen-bond donors (Lipinski definition) is 0. The summed E-state index contributed by atoms with van der Waals surface area (Å²) in [7, 11) is -0.289. The molecule has 1 unspecified atom stereocenters. The predicted molar refractivity (Wildman–Crippen MR) is 176 cm³/mol. The van der Waals surface area contributed by atoms with Crippen molar-refractivity contribution in [2.24, 2.45) is 0 Å². The van der Waals surface area contributed by atoms with Gasteiger partial charge in [-0.2, -0.15) is 45.1 Å². The van der Waals surface area contributed by atoms with E-state index in [-0.39, 0.29) is 50.6 Å². The smallest absolute Gasteiger partial charge is 0.445 e. The summed E-state index contributed by atoms with van der Waals surface area (Å²) in [6.07, 6.45) is -4.29. The summed E-state index contributed by atoms with van der Waals surface area (Å²) in [5.74, 6) is -1.59. The van der Waals surface area contributed by atoms with Crippen molar-refractivity contribution in [3.05, 3.63) is 71.6 Å². The van der Waals surface area contributed by atoms with Crippen LogP contribution in [-0.2, 0) is 21.9 Å². The van der Waals surface area contributed by atoms with Gasteiger partial charge in [-0.3, -0.25) is 4.90 Å². The summed E-state index contributed by atoms with van der Waals surface area (Å²) in [6, 6.07) is 15.8. The molecule has 0 aliphatic carbocycles. The molecule has 0 radical (unpaired) electrons. The Morgan fingerprint density at radius 1 is 1.11 bits per heavy atom. The minimum atomic E-state index is -4.74. The fourth-order valence-electron chi connectivity index (χ4n) is 4.64. The highest BCUT2D eigenvalue weighted by Gasteiger charge is 2.41. The number of likely N-dealkylation sites (tertiary alicyclic amines) is 1. The van der Waals surface area contributed by atoms with Crippen LogP contribution in [0.2, 0.25) is 18.1 Å². The molecule has 1 saturated heterocycles. The van der Waals surface area contributed by atoms with Crippen molar-refractivity contribution in [1.82, 2.24) is 19.9 Å². The fraction of sp³-hybridized carbons (Fsp3) is 0.500. The molecule has 1 aromatic heterocycles. The zero-order valence-corrected chi connectivity index (χ0v) is 28.9. The van der Waals surface area contributed by atoms with Crippen LogP contribution < -0.4 is 0 Å². The summed E-state index contributed by atoms with van der Waals surface area (Å²) < 4.78 is 55.9. The van der Waals surface area contributed by atoms with E-state index in [1.165, 1.54) is 4.90 Å². The van der Waals surface area contributed by atoms with E-state index < -0.39 is 32.5 Å². The van der Waals surface area contributed by atoms with Gasteiger partial charge in [0, 0.05) is 32.2 Å². The van der Waals surface area contributed by atoms with Crippen molar-refractivity contribution in [1.29, 1.82) is 0 Å². The number of ether oxygens (including phenoxy) is 1.